The fourth-order valence-electron chi connectivity index (χ4n) is 1.18. The lowest BCUT2D eigenvalue weighted by atomic mass is 10.1. The summed E-state index contributed by atoms with van der Waals surface area (Å²) in [5.41, 5.74) is 6.80. The molecule has 0 radical (unpaired) electrons. The molecule has 0 bridgehead atoms. The van der Waals surface area contributed by atoms with Crippen LogP contribution in [0.25, 0.3) is 0 Å². The first-order valence-corrected chi connectivity index (χ1v) is 6.10. The molecule has 0 fully saturated rings. The van der Waals surface area contributed by atoms with Gasteiger partial charge in [0.1, 0.15) is 5.01 Å². The second kappa shape index (κ2) is 4.82. The van der Waals surface area contributed by atoms with Crippen molar-refractivity contribution in [3.63, 3.8) is 0 Å². The maximum atomic E-state index is 5.77. The average molecular weight is 240 g/mol. The highest BCUT2D eigenvalue weighted by molar-refractivity contribution is 7.11. The Morgan fingerprint density at radius 2 is 2.06 bits per heavy atom. The summed E-state index contributed by atoms with van der Waals surface area (Å²) in [5.74, 6) is 0.470. The molecule has 0 amide bonds. The van der Waals surface area contributed by atoms with E-state index in [0.29, 0.717) is 12.5 Å². The van der Waals surface area contributed by atoms with Gasteiger partial charge in [0, 0.05) is 10.4 Å². The van der Waals surface area contributed by atoms with Crippen LogP contribution < -0.4 is 11.1 Å². The molecule has 0 saturated heterocycles. The third-order valence-electron chi connectivity index (χ3n) is 1.96. The third kappa shape index (κ3) is 4.18. The van der Waals surface area contributed by atoms with Gasteiger partial charge in [-0.05, 0) is 34.6 Å². The topological polar surface area (TPSA) is 63.3 Å². The lowest BCUT2D eigenvalue weighted by molar-refractivity contribution is 0.508. The molecule has 5 heteroatoms. The molecular formula is C11H20N4S. The van der Waals surface area contributed by atoms with Crippen molar-refractivity contribution in [3.05, 3.63) is 15.6 Å². The number of guanidine groups is 1. The van der Waals surface area contributed by atoms with E-state index in [2.05, 4.69) is 22.2 Å². The highest BCUT2D eigenvalue weighted by atomic mass is 32.1. The zero-order chi connectivity index (χ0) is 12.3. The highest BCUT2D eigenvalue weighted by Crippen LogP contribution is 2.16. The van der Waals surface area contributed by atoms with Crippen molar-refractivity contribution in [2.75, 3.05) is 0 Å². The summed E-state index contributed by atoms with van der Waals surface area (Å²) in [7, 11) is 0. The predicted octanol–water partition coefficient (Wildman–Crippen LogP) is 1.96. The first-order chi connectivity index (χ1) is 7.28. The van der Waals surface area contributed by atoms with E-state index < -0.39 is 0 Å². The molecule has 1 aromatic rings. The monoisotopic (exact) mass is 240 g/mol. The van der Waals surface area contributed by atoms with Crippen molar-refractivity contribution in [2.45, 2.75) is 46.7 Å². The van der Waals surface area contributed by atoms with Gasteiger partial charge in [0.05, 0.1) is 12.2 Å². The Hall–Kier alpha value is -1.10. The van der Waals surface area contributed by atoms with Gasteiger partial charge in [0.25, 0.3) is 0 Å². The predicted molar refractivity (Wildman–Crippen MR) is 69.8 cm³/mol. The van der Waals surface area contributed by atoms with Crippen LogP contribution in [-0.2, 0) is 6.54 Å². The van der Waals surface area contributed by atoms with E-state index in [1.807, 2.05) is 27.7 Å². The minimum absolute atomic E-state index is 0.0533. The van der Waals surface area contributed by atoms with Crippen molar-refractivity contribution in [3.8, 4) is 0 Å². The maximum absolute atomic E-state index is 5.77. The Morgan fingerprint density at radius 1 is 1.44 bits per heavy atom. The average Bonchev–Trinajstić information content (AvgIpc) is 2.40. The zero-order valence-corrected chi connectivity index (χ0v) is 11.4. The number of aromatic nitrogens is 1. The summed E-state index contributed by atoms with van der Waals surface area (Å²) in [6.45, 7) is 10.8. The van der Waals surface area contributed by atoms with Crippen molar-refractivity contribution in [1.82, 2.24) is 10.3 Å². The molecule has 0 aliphatic rings. The minimum atomic E-state index is -0.0533. The number of nitrogens with two attached hydrogens (primary N) is 1. The van der Waals surface area contributed by atoms with Gasteiger partial charge in [-0.15, -0.1) is 11.3 Å². The zero-order valence-electron chi connectivity index (χ0n) is 10.6. The van der Waals surface area contributed by atoms with Crippen LogP contribution in [0, 0.1) is 13.8 Å². The third-order valence-corrected chi connectivity index (χ3v) is 3.02. The summed E-state index contributed by atoms with van der Waals surface area (Å²) in [6, 6.07) is 0. The van der Waals surface area contributed by atoms with Crippen LogP contribution in [-0.4, -0.2) is 16.5 Å². The molecule has 4 nitrogen and oxygen atoms in total. The Balaban J connectivity index is 2.59. The molecule has 0 spiro atoms. The minimum Gasteiger partial charge on any atom is -0.370 e. The molecule has 1 aromatic heterocycles. The van der Waals surface area contributed by atoms with Crippen LogP contribution in [0.1, 0.15) is 36.3 Å². The molecule has 0 atom stereocenters. The van der Waals surface area contributed by atoms with Gasteiger partial charge >= 0.3 is 0 Å². The van der Waals surface area contributed by atoms with Gasteiger partial charge in [0.2, 0.25) is 0 Å². The molecule has 0 aliphatic carbocycles. The van der Waals surface area contributed by atoms with Crippen LogP contribution in [0.15, 0.2) is 4.99 Å². The van der Waals surface area contributed by atoms with Gasteiger partial charge in [-0.3, -0.25) is 0 Å². The van der Waals surface area contributed by atoms with Gasteiger partial charge < -0.3 is 11.1 Å². The molecule has 1 rings (SSSR count). The van der Waals surface area contributed by atoms with E-state index in [1.54, 1.807) is 11.3 Å². The molecular weight excluding hydrogens is 220 g/mol. The number of rotatable bonds is 2. The quantitative estimate of drug-likeness (QED) is 0.613. The summed E-state index contributed by atoms with van der Waals surface area (Å²) in [6.07, 6.45) is 0. The molecule has 3 N–H and O–H groups in total. The SMILES string of the molecule is Cc1nc(CN=C(N)NC(C)(C)C)sc1C. The van der Waals surface area contributed by atoms with Crippen LogP contribution >= 0.6 is 11.3 Å². The molecule has 0 saturated carbocycles. The number of thiazole rings is 1. The largest absolute Gasteiger partial charge is 0.370 e. The molecule has 0 unspecified atom stereocenters. The van der Waals surface area contributed by atoms with Crippen LogP contribution in [0.3, 0.4) is 0 Å². The van der Waals surface area contributed by atoms with E-state index in [9.17, 15) is 0 Å². The van der Waals surface area contributed by atoms with Gasteiger partial charge in [-0.1, -0.05) is 0 Å². The molecule has 1 heterocycles. The number of aryl methyl sites for hydroxylation is 2. The summed E-state index contributed by atoms with van der Waals surface area (Å²) in [4.78, 5) is 9.92. The van der Waals surface area contributed by atoms with E-state index >= 15 is 0 Å². The van der Waals surface area contributed by atoms with Crippen LogP contribution in [0.2, 0.25) is 0 Å². The van der Waals surface area contributed by atoms with Gasteiger partial charge in [0.15, 0.2) is 5.96 Å². The van der Waals surface area contributed by atoms with Crippen molar-refractivity contribution >= 4 is 17.3 Å². The van der Waals surface area contributed by atoms with Gasteiger partial charge in [-0.2, -0.15) is 0 Å². The lowest BCUT2D eigenvalue weighted by Gasteiger charge is -2.20. The fraction of sp³-hybridized carbons (Fsp3) is 0.636. The normalized spacial score (nSPS) is 12.9. The molecule has 16 heavy (non-hydrogen) atoms. The molecule has 90 valence electrons. The van der Waals surface area contributed by atoms with E-state index in [0.717, 1.165) is 10.7 Å². The first-order valence-electron chi connectivity index (χ1n) is 5.29. The fourth-order valence-corrected chi connectivity index (χ4v) is 2.04. The van der Waals surface area contributed by atoms with Crippen molar-refractivity contribution < 1.29 is 0 Å². The Kier molecular flexibility index (Phi) is 3.91. The van der Waals surface area contributed by atoms with E-state index in [1.165, 1.54) is 4.88 Å². The second-order valence-electron chi connectivity index (χ2n) is 4.83. The second-order valence-corrected chi connectivity index (χ2v) is 6.11. The Labute approximate surface area is 101 Å². The Bertz CT molecular complexity index is 368. The van der Waals surface area contributed by atoms with Crippen molar-refractivity contribution in [1.29, 1.82) is 0 Å². The molecule has 0 aliphatic heterocycles. The number of aliphatic imine (C=N–C) groups is 1. The van der Waals surface area contributed by atoms with Crippen molar-refractivity contribution in [2.24, 2.45) is 10.7 Å². The van der Waals surface area contributed by atoms with E-state index in [-0.39, 0.29) is 5.54 Å². The van der Waals surface area contributed by atoms with E-state index in [4.69, 9.17) is 5.73 Å². The summed E-state index contributed by atoms with van der Waals surface area (Å²) < 4.78 is 0. The van der Waals surface area contributed by atoms with Gasteiger partial charge in [-0.25, -0.2) is 9.98 Å². The number of nitrogens with zero attached hydrogens (tertiary/aromatic N) is 2. The maximum Gasteiger partial charge on any atom is 0.189 e. The number of nitrogens with one attached hydrogen (secondary N) is 1. The summed E-state index contributed by atoms with van der Waals surface area (Å²) in [5, 5.41) is 4.12. The summed E-state index contributed by atoms with van der Waals surface area (Å²) >= 11 is 1.67. The smallest absolute Gasteiger partial charge is 0.189 e. The molecule has 0 aromatic carbocycles. The standard InChI is InChI=1S/C11H20N4S/c1-7-8(2)16-9(14-7)6-13-10(12)15-11(3,4)5/h6H2,1-5H3,(H3,12,13,15). The number of hydrogen-bond donors (Lipinski definition) is 2. The highest BCUT2D eigenvalue weighted by Gasteiger charge is 2.10. The number of hydrogen-bond acceptors (Lipinski definition) is 3. The lowest BCUT2D eigenvalue weighted by Crippen LogP contribution is -2.44. The Morgan fingerprint density at radius 3 is 2.50 bits per heavy atom. The van der Waals surface area contributed by atoms with Crippen LogP contribution in [0.5, 0.6) is 0 Å². The van der Waals surface area contributed by atoms with Crippen LogP contribution in [0.4, 0.5) is 0 Å². The first kappa shape index (κ1) is 13.0.